The topological polar surface area (TPSA) is 78.9 Å². The molecule has 0 aromatic carbocycles. The molecule has 0 aliphatic heterocycles. The third-order valence-electron chi connectivity index (χ3n) is 10.9. The number of carbonyl (C=O) groups is 3. The molecule has 0 bridgehead atoms. The Morgan fingerprint density at radius 3 is 1.05 bits per heavy atom. The first-order valence-corrected chi connectivity index (χ1v) is 25.9. The molecule has 0 heterocycles. The van der Waals surface area contributed by atoms with Gasteiger partial charge in [-0.1, -0.05) is 196 Å². The van der Waals surface area contributed by atoms with Gasteiger partial charge in [-0.15, -0.1) is 0 Å². The Bertz CT molecular complexity index is 1180. The monoisotopic (exact) mass is 865 g/mol. The third kappa shape index (κ3) is 47.9. The van der Waals surface area contributed by atoms with E-state index in [2.05, 4.69) is 93.7 Å². The van der Waals surface area contributed by atoms with Gasteiger partial charge in [-0.25, -0.2) is 0 Å². The smallest absolute Gasteiger partial charge is 0.306 e. The van der Waals surface area contributed by atoms with Gasteiger partial charge >= 0.3 is 17.9 Å². The van der Waals surface area contributed by atoms with Gasteiger partial charge in [0.15, 0.2) is 6.10 Å². The number of hydrogen-bond donors (Lipinski definition) is 0. The van der Waals surface area contributed by atoms with Crippen LogP contribution in [-0.4, -0.2) is 37.2 Å². The lowest BCUT2D eigenvalue weighted by Gasteiger charge is -2.18. The summed E-state index contributed by atoms with van der Waals surface area (Å²) in [5.74, 6) is -0.917. The maximum atomic E-state index is 12.8. The first-order valence-electron chi connectivity index (χ1n) is 25.9. The Morgan fingerprint density at radius 1 is 0.339 bits per heavy atom. The van der Waals surface area contributed by atoms with Gasteiger partial charge in [-0.3, -0.25) is 14.4 Å². The summed E-state index contributed by atoms with van der Waals surface area (Å²) in [5, 5.41) is 0. The van der Waals surface area contributed by atoms with Crippen molar-refractivity contribution in [3.05, 3.63) is 72.9 Å². The Morgan fingerprint density at radius 2 is 0.645 bits per heavy atom. The maximum Gasteiger partial charge on any atom is 0.306 e. The normalized spacial score (nSPS) is 12.6. The van der Waals surface area contributed by atoms with Crippen LogP contribution in [0.1, 0.15) is 245 Å². The number of esters is 3. The summed E-state index contributed by atoms with van der Waals surface area (Å²) in [5.41, 5.74) is 0. The van der Waals surface area contributed by atoms with Crippen molar-refractivity contribution >= 4 is 17.9 Å². The molecule has 356 valence electrons. The number of allylic oxidation sites excluding steroid dienone is 12. The maximum absolute atomic E-state index is 12.8. The van der Waals surface area contributed by atoms with Crippen LogP contribution in [-0.2, 0) is 28.6 Å². The van der Waals surface area contributed by atoms with E-state index in [0.717, 1.165) is 109 Å². The molecule has 0 saturated carbocycles. The van der Waals surface area contributed by atoms with Gasteiger partial charge in [-0.2, -0.15) is 0 Å². The third-order valence-corrected chi connectivity index (χ3v) is 10.9. The molecule has 1 unspecified atom stereocenters. The lowest BCUT2D eigenvalue weighted by Crippen LogP contribution is -2.30. The van der Waals surface area contributed by atoms with Crippen LogP contribution in [0.4, 0.5) is 0 Å². The largest absolute Gasteiger partial charge is 0.462 e. The van der Waals surface area contributed by atoms with E-state index in [-0.39, 0.29) is 31.1 Å². The van der Waals surface area contributed by atoms with Crippen LogP contribution in [0.15, 0.2) is 72.9 Å². The average Bonchev–Trinajstić information content (AvgIpc) is 3.27. The molecule has 0 aromatic rings. The molecule has 0 saturated heterocycles. The SMILES string of the molecule is CC/C=C\C/C=C\C/C=C\CCCCCCCCC(=O)OC(COC(=O)CCCCCCC/C=C\CCCC)COC(=O)CCCCCCCCC/C=C\C/C=C\CCCCC. The van der Waals surface area contributed by atoms with Gasteiger partial charge in [0.1, 0.15) is 13.2 Å². The molecule has 1 atom stereocenters. The van der Waals surface area contributed by atoms with E-state index in [1.54, 1.807) is 0 Å². The van der Waals surface area contributed by atoms with Crippen molar-refractivity contribution < 1.29 is 28.6 Å². The van der Waals surface area contributed by atoms with E-state index in [9.17, 15) is 14.4 Å². The minimum Gasteiger partial charge on any atom is -0.462 e. The predicted octanol–water partition coefficient (Wildman–Crippen LogP) is 17.0. The zero-order valence-electron chi connectivity index (χ0n) is 40.6. The van der Waals surface area contributed by atoms with E-state index >= 15 is 0 Å². The number of unbranched alkanes of at least 4 members (excludes halogenated alkanes) is 23. The van der Waals surface area contributed by atoms with Gasteiger partial charge in [0.25, 0.3) is 0 Å². The van der Waals surface area contributed by atoms with Gasteiger partial charge in [0, 0.05) is 19.3 Å². The minimum absolute atomic E-state index is 0.0878. The van der Waals surface area contributed by atoms with Crippen LogP contribution in [0, 0.1) is 0 Å². The van der Waals surface area contributed by atoms with Crippen molar-refractivity contribution in [3.63, 3.8) is 0 Å². The Hall–Kier alpha value is -3.15. The van der Waals surface area contributed by atoms with E-state index in [1.807, 2.05) is 0 Å². The molecule has 0 radical (unpaired) electrons. The highest BCUT2D eigenvalue weighted by Gasteiger charge is 2.19. The summed E-state index contributed by atoms with van der Waals surface area (Å²) in [6.45, 7) is 6.44. The van der Waals surface area contributed by atoms with Crippen molar-refractivity contribution in [1.82, 2.24) is 0 Å². The van der Waals surface area contributed by atoms with Crippen molar-refractivity contribution in [2.45, 2.75) is 252 Å². The quantitative estimate of drug-likeness (QED) is 0.0262. The van der Waals surface area contributed by atoms with E-state index in [0.29, 0.717) is 19.3 Å². The molecule has 0 N–H and O–H groups in total. The van der Waals surface area contributed by atoms with E-state index in [4.69, 9.17) is 14.2 Å². The van der Waals surface area contributed by atoms with Crippen molar-refractivity contribution in [3.8, 4) is 0 Å². The Balaban J connectivity index is 4.40. The first kappa shape index (κ1) is 58.9. The second kappa shape index (κ2) is 50.5. The molecule has 6 heteroatoms. The minimum atomic E-state index is -0.788. The molecule has 6 nitrogen and oxygen atoms in total. The van der Waals surface area contributed by atoms with Gasteiger partial charge in [0.05, 0.1) is 0 Å². The summed E-state index contributed by atoms with van der Waals surface area (Å²) in [4.78, 5) is 38.0. The Kier molecular flexibility index (Phi) is 47.9. The van der Waals surface area contributed by atoms with Crippen molar-refractivity contribution in [2.24, 2.45) is 0 Å². The molecule has 0 rings (SSSR count). The lowest BCUT2D eigenvalue weighted by molar-refractivity contribution is -0.167. The molecule has 0 fully saturated rings. The van der Waals surface area contributed by atoms with E-state index < -0.39 is 6.10 Å². The standard InChI is InChI=1S/C56H96O6/c1-4-7-10-13-16-19-22-24-26-28-30-31-34-37-40-43-46-49-55(58)61-52-53(51-60-54(57)48-45-42-39-36-33-21-18-15-12-9-6-3)62-56(59)50-47-44-41-38-35-32-29-27-25-23-20-17-14-11-8-5-2/h8,11,15-20,24-27,53H,4-7,9-10,12-14,21-23,28-52H2,1-3H3/b11-8-,18-15-,19-16-,20-17-,26-24-,27-25-. The van der Waals surface area contributed by atoms with Crippen LogP contribution in [0.2, 0.25) is 0 Å². The molecule has 0 aliphatic rings. The van der Waals surface area contributed by atoms with Crippen molar-refractivity contribution in [1.29, 1.82) is 0 Å². The zero-order chi connectivity index (χ0) is 45.1. The summed E-state index contributed by atoms with van der Waals surface area (Å²) < 4.78 is 16.8. The number of hydrogen-bond acceptors (Lipinski definition) is 6. The molecule has 62 heavy (non-hydrogen) atoms. The lowest BCUT2D eigenvalue weighted by atomic mass is 10.1. The Labute approximate surface area is 382 Å². The molecular weight excluding hydrogens is 769 g/mol. The fourth-order valence-corrected chi connectivity index (χ4v) is 7.00. The molecule has 0 aliphatic carbocycles. The highest BCUT2D eigenvalue weighted by Crippen LogP contribution is 2.14. The van der Waals surface area contributed by atoms with Crippen LogP contribution < -0.4 is 0 Å². The van der Waals surface area contributed by atoms with Gasteiger partial charge < -0.3 is 14.2 Å². The predicted molar refractivity (Wildman–Crippen MR) is 265 cm³/mol. The highest BCUT2D eigenvalue weighted by molar-refractivity contribution is 5.71. The molecular formula is C56H96O6. The molecule has 0 spiro atoms. The number of rotatable bonds is 46. The van der Waals surface area contributed by atoms with E-state index in [1.165, 1.54) is 96.3 Å². The molecule has 0 amide bonds. The van der Waals surface area contributed by atoms with Crippen LogP contribution in [0.25, 0.3) is 0 Å². The van der Waals surface area contributed by atoms with Crippen molar-refractivity contribution in [2.75, 3.05) is 13.2 Å². The van der Waals surface area contributed by atoms with Crippen LogP contribution >= 0.6 is 0 Å². The number of ether oxygens (including phenoxy) is 3. The van der Waals surface area contributed by atoms with Gasteiger partial charge in [0.2, 0.25) is 0 Å². The second-order valence-corrected chi connectivity index (χ2v) is 17.0. The summed E-state index contributed by atoms with van der Waals surface area (Å²) in [6.07, 6.45) is 63.1. The van der Waals surface area contributed by atoms with Crippen LogP contribution in [0.5, 0.6) is 0 Å². The van der Waals surface area contributed by atoms with Gasteiger partial charge in [-0.05, 0) is 103 Å². The fraction of sp³-hybridized carbons (Fsp3) is 0.732. The highest BCUT2D eigenvalue weighted by atomic mass is 16.6. The zero-order valence-corrected chi connectivity index (χ0v) is 40.6. The fourth-order valence-electron chi connectivity index (χ4n) is 7.00. The first-order chi connectivity index (χ1) is 30.5. The summed E-state index contributed by atoms with van der Waals surface area (Å²) in [6, 6.07) is 0. The summed E-state index contributed by atoms with van der Waals surface area (Å²) >= 11 is 0. The van der Waals surface area contributed by atoms with Crippen LogP contribution in [0.3, 0.4) is 0 Å². The molecule has 0 aromatic heterocycles. The summed E-state index contributed by atoms with van der Waals surface area (Å²) in [7, 11) is 0. The number of carbonyl (C=O) groups excluding carboxylic acids is 3. The second-order valence-electron chi connectivity index (χ2n) is 17.0. The average molecular weight is 865 g/mol.